The second-order valence-electron chi connectivity index (χ2n) is 7.43. The number of nitrogens with zero attached hydrogens (tertiary/aromatic N) is 3. The standard InChI is InChI=1S/C21H27N3O/c1-22-11-13-24(14-12-22)10-9-20(25)18-8-7-17-15-16-5-3-4-6-19(16)23(2)21(17)18/h3-6,15H,7-14H2,1-2H3. The second kappa shape index (κ2) is 6.77. The Morgan fingerprint density at radius 2 is 1.80 bits per heavy atom. The molecule has 25 heavy (non-hydrogen) atoms. The Bertz CT molecular complexity index is 741. The molecule has 132 valence electrons. The van der Waals surface area contributed by atoms with E-state index in [0.717, 1.165) is 51.1 Å². The third-order valence-corrected chi connectivity index (χ3v) is 5.79. The molecule has 2 heterocycles. The number of ketones is 1. The lowest BCUT2D eigenvalue weighted by Crippen LogP contribution is -2.45. The van der Waals surface area contributed by atoms with Gasteiger partial charge in [-0.1, -0.05) is 18.2 Å². The molecule has 4 nitrogen and oxygen atoms in total. The van der Waals surface area contributed by atoms with Crippen LogP contribution in [-0.2, 0) is 4.79 Å². The Morgan fingerprint density at radius 3 is 2.60 bits per heavy atom. The predicted molar refractivity (Wildman–Crippen MR) is 103 cm³/mol. The van der Waals surface area contributed by atoms with Crippen molar-refractivity contribution in [3.05, 3.63) is 46.7 Å². The molecule has 1 aromatic rings. The van der Waals surface area contributed by atoms with Crippen molar-refractivity contribution in [2.75, 3.05) is 51.7 Å². The van der Waals surface area contributed by atoms with Gasteiger partial charge in [0.1, 0.15) is 0 Å². The zero-order chi connectivity index (χ0) is 17.4. The van der Waals surface area contributed by atoms with E-state index in [-0.39, 0.29) is 0 Å². The molecule has 0 atom stereocenters. The molecule has 1 fully saturated rings. The van der Waals surface area contributed by atoms with Crippen LogP contribution in [0.3, 0.4) is 0 Å². The fraction of sp³-hybridized carbons (Fsp3) is 0.476. The number of rotatable bonds is 4. The molecule has 0 N–H and O–H groups in total. The van der Waals surface area contributed by atoms with Crippen molar-refractivity contribution >= 4 is 17.5 Å². The van der Waals surface area contributed by atoms with E-state index in [1.165, 1.54) is 22.5 Å². The molecule has 0 amide bonds. The Labute approximate surface area is 150 Å². The molecule has 4 rings (SSSR count). The minimum absolute atomic E-state index is 0.337. The van der Waals surface area contributed by atoms with Crippen LogP contribution in [0.25, 0.3) is 6.08 Å². The summed E-state index contributed by atoms with van der Waals surface area (Å²) in [5, 5.41) is 0. The van der Waals surface area contributed by atoms with E-state index in [1.54, 1.807) is 0 Å². The highest BCUT2D eigenvalue weighted by molar-refractivity contribution is 6.00. The van der Waals surface area contributed by atoms with Crippen LogP contribution in [0.15, 0.2) is 41.1 Å². The molecule has 3 aliphatic rings. The lowest BCUT2D eigenvalue weighted by atomic mass is 9.99. The van der Waals surface area contributed by atoms with E-state index >= 15 is 0 Å². The second-order valence-corrected chi connectivity index (χ2v) is 7.43. The quantitative estimate of drug-likeness (QED) is 0.844. The molecule has 0 saturated carbocycles. The van der Waals surface area contributed by atoms with Gasteiger partial charge in [-0.05, 0) is 43.2 Å². The predicted octanol–water partition coefficient (Wildman–Crippen LogP) is 2.77. The van der Waals surface area contributed by atoms with Gasteiger partial charge in [-0.25, -0.2) is 0 Å². The van der Waals surface area contributed by atoms with Crippen LogP contribution in [0.4, 0.5) is 5.69 Å². The minimum atomic E-state index is 0.337. The van der Waals surface area contributed by atoms with E-state index in [1.807, 2.05) is 0 Å². The molecule has 0 bridgehead atoms. The fourth-order valence-electron chi connectivity index (χ4n) is 4.23. The molecular formula is C21H27N3O. The van der Waals surface area contributed by atoms with Crippen LogP contribution in [0, 0.1) is 0 Å². The first-order valence-corrected chi connectivity index (χ1v) is 9.34. The van der Waals surface area contributed by atoms with Crippen LogP contribution < -0.4 is 4.90 Å². The van der Waals surface area contributed by atoms with Crippen molar-refractivity contribution < 1.29 is 4.79 Å². The van der Waals surface area contributed by atoms with Crippen molar-refractivity contribution in [2.24, 2.45) is 0 Å². The van der Waals surface area contributed by atoms with Gasteiger partial charge in [-0.2, -0.15) is 0 Å². The lowest BCUT2D eigenvalue weighted by molar-refractivity contribution is -0.116. The van der Waals surface area contributed by atoms with Gasteiger partial charge in [-0.15, -0.1) is 0 Å². The van der Waals surface area contributed by atoms with Crippen LogP contribution in [0.1, 0.15) is 24.8 Å². The smallest absolute Gasteiger partial charge is 0.162 e. The monoisotopic (exact) mass is 337 g/mol. The molecule has 4 heteroatoms. The van der Waals surface area contributed by atoms with Crippen molar-refractivity contribution in [1.82, 2.24) is 9.80 Å². The molecule has 1 saturated heterocycles. The molecule has 1 aromatic carbocycles. The maximum atomic E-state index is 12.9. The summed E-state index contributed by atoms with van der Waals surface area (Å²) in [7, 11) is 4.26. The van der Waals surface area contributed by atoms with Crippen molar-refractivity contribution in [1.29, 1.82) is 0 Å². The Kier molecular flexibility index (Phi) is 4.48. The first-order chi connectivity index (χ1) is 12.1. The van der Waals surface area contributed by atoms with E-state index in [2.05, 4.69) is 59.1 Å². The maximum absolute atomic E-state index is 12.9. The van der Waals surface area contributed by atoms with Crippen molar-refractivity contribution in [3.63, 3.8) is 0 Å². The summed E-state index contributed by atoms with van der Waals surface area (Å²) in [6.07, 6.45) is 4.79. The summed E-state index contributed by atoms with van der Waals surface area (Å²) in [6, 6.07) is 8.44. The third kappa shape index (κ3) is 3.16. The number of likely N-dealkylation sites (N-methyl/N-ethyl adjacent to an activating group) is 2. The minimum Gasteiger partial charge on any atom is -0.344 e. The van der Waals surface area contributed by atoms with E-state index in [4.69, 9.17) is 0 Å². The van der Waals surface area contributed by atoms with Gasteiger partial charge in [0.2, 0.25) is 0 Å². The normalized spacial score (nSPS) is 21.2. The molecule has 0 radical (unpaired) electrons. The van der Waals surface area contributed by atoms with Gasteiger partial charge in [0.05, 0.1) is 5.70 Å². The first kappa shape index (κ1) is 16.6. The highest BCUT2D eigenvalue weighted by Gasteiger charge is 2.31. The highest BCUT2D eigenvalue weighted by atomic mass is 16.1. The number of Topliss-reactive ketones (excluding diaryl/α,β-unsaturated/α-hetero) is 1. The first-order valence-electron chi connectivity index (χ1n) is 9.34. The van der Waals surface area contributed by atoms with Crippen LogP contribution in [0.5, 0.6) is 0 Å². The van der Waals surface area contributed by atoms with E-state index < -0.39 is 0 Å². The molecule has 0 aromatic heterocycles. The molecule has 0 spiro atoms. The third-order valence-electron chi connectivity index (χ3n) is 5.79. The summed E-state index contributed by atoms with van der Waals surface area (Å²) in [5.74, 6) is 0.337. The number of anilines is 1. The van der Waals surface area contributed by atoms with Crippen molar-refractivity contribution in [3.8, 4) is 0 Å². The zero-order valence-corrected chi connectivity index (χ0v) is 15.3. The SMILES string of the molecule is CN1CCN(CCC(=O)C2=C3C(=Cc4ccccc4N3C)CC2)CC1. The maximum Gasteiger partial charge on any atom is 0.162 e. The van der Waals surface area contributed by atoms with Gasteiger partial charge >= 0.3 is 0 Å². The summed E-state index contributed by atoms with van der Waals surface area (Å²) in [4.78, 5) is 19.9. The van der Waals surface area contributed by atoms with Crippen LogP contribution >= 0.6 is 0 Å². The molecular weight excluding hydrogens is 310 g/mol. The number of para-hydroxylation sites is 1. The number of carbonyl (C=O) groups excluding carboxylic acids is 1. The number of piperazine rings is 1. The number of hydrogen-bond acceptors (Lipinski definition) is 4. The van der Waals surface area contributed by atoms with E-state index in [0.29, 0.717) is 12.2 Å². The number of carbonyl (C=O) groups is 1. The van der Waals surface area contributed by atoms with Crippen LogP contribution in [-0.4, -0.2) is 62.4 Å². The Hall–Kier alpha value is -1.91. The Balaban J connectivity index is 1.49. The zero-order valence-electron chi connectivity index (χ0n) is 15.3. The average Bonchev–Trinajstić information content (AvgIpc) is 3.05. The lowest BCUT2D eigenvalue weighted by Gasteiger charge is -2.32. The fourth-order valence-corrected chi connectivity index (χ4v) is 4.23. The Morgan fingerprint density at radius 1 is 1.04 bits per heavy atom. The summed E-state index contributed by atoms with van der Waals surface area (Å²) < 4.78 is 0. The average molecular weight is 337 g/mol. The van der Waals surface area contributed by atoms with Gasteiger partial charge < -0.3 is 14.7 Å². The number of hydrogen-bond donors (Lipinski definition) is 0. The van der Waals surface area contributed by atoms with Gasteiger partial charge in [-0.3, -0.25) is 4.79 Å². The van der Waals surface area contributed by atoms with Crippen molar-refractivity contribution in [2.45, 2.75) is 19.3 Å². The molecule has 0 unspecified atom stereocenters. The molecule has 2 aliphatic heterocycles. The van der Waals surface area contributed by atoms with Gasteiger partial charge in [0, 0.05) is 57.5 Å². The van der Waals surface area contributed by atoms with Gasteiger partial charge in [0.15, 0.2) is 5.78 Å². The summed E-state index contributed by atoms with van der Waals surface area (Å²) in [5.41, 5.74) is 5.99. The van der Waals surface area contributed by atoms with Gasteiger partial charge in [0.25, 0.3) is 0 Å². The van der Waals surface area contributed by atoms with E-state index in [9.17, 15) is 4.79 Å². The number of allylic oxidation sites excluding steroid dienone is 2. The van der Waals surface area contributed by atoms with Crippen LogP contribution in [0.2, 0.25) is 0 Å². The largest absolute Gasteiger partial charge is 0.344 e. The highest BCUT2D eigenvalue weighted by Crippen LogP contribution is 2.42. The number of fused-ring (bicyclic) bond motifs is 2. The number of benzene rings is 1. The summed E-state index contributed by atoms with van der Waals surface area (Å²) in [6.45, 7) is 5.26. The molecule has 1 aliphatic carbocycles. The summed E-state index contributed by atoms with van der Waals surface area (Å²) >= 11 is 0. The topological polar surface area (TPSA) is 26.8 Å².